The number of anilines is 1. The number of amides is 1. The Morgan fingerprint density at radius 1 is 1.26 bits per heavy atom. The number of carbonyl (C=O) groups is 1. The highest BCUT2D eigenvalue weighted by Gasteiger charge is 2.16. The van der Waals surface area contributed by atoms with Gasteiger partial charge in [-0.05, 0) is 25.0 Å². The number of carbonyl (C=O) groups excluding carboxylic acids is 1. The Hall–Kier alpha value is -1.91. The summed E-state index contributed by atoms with van der Waals surface area (Å²) in [6.07, 6.45) is 0. The molecule has 0 fully saturated rings. The van der Waals surface area contributed by atoms with E-state index in [0.717, 1.165) is 11.4 Å². The largest absolute Gasteiger partial charge is 0.454 e. The number of ether oxygens (including phenoxy) is 2. The second-order valence-electron chi connectivity index (χ2n) is 5.07. The van der Waals surface area contributed by atoms with Gasteiger partial charge in [-0.2, -0.15) is 0 Å². The highest BCUT2D eigenvalue weighted by atomic mass is 16.7. The van der Waals surface area contributed by atoms with E-state index in [1.807, 2.05) is 25.1 Å². The van der Waals surface area contributed by atoms with Gasteiger partial charge in [0, 0.05) is 18.3 Å². The maximum absolute atomic E-state index is 11.9. The third-order valence-electron chi connectivity index (χ3n) is 2.83. The lowest BCUT2D eigenvalue weighted by Gasteiger charge is -2.16. The fourth-order valence-corrected chi connectivity index (χ4v) is 1.76. The molecule has 104 valence electrons. The fraction of sp³-hybridized carbons (Fsp3) is 0.500. The van der Waals surface area contributed by atoms with E-state index in [1.165, 1.54) is 0 Å². The van der Waals surface area contributed by atoms with Crippen molar-refractivity contribution in [3.05, 3.63) is 18.2 Å². The molecule has 1 amide bonds. The minimum atomic E-state index is -0.292. The first kappa shape index (κ1) is 13.5. The lowest BCUT2D eigenvalue weighted by Crippen LogP contribution is -2.39. The summed E-state index contributed by atoms with van der Waals surface area (Å²) in [5.41, 5.74) is 0.844. The maximum Gasteiger partial charge on any atom is 0.242 e. The minimum absolute atomic E-state index is 0.00799. The van der Waals surface area contributed by atoms with Crippen molar-refractivity contribution in [2.45, 2.75) is 26.8 Å². The summed E-state index contributed by atoms with van der Waals surface area (Å²) in [4.78, 5) is 11.9. The number of rotatable bonds is 5. The minimum Gasteiger partial charge on any atom is -0.454 e. The Morgan fingerprint density at radius 2 is 2.00 bits per heavy atom. The summed E-state index contributed by atoms with van der Waals surface area (Å²) in [6.45, 7) is 6.90. The SMILES string of the molecule is CC(C)CNC(=O)[C@H](C)Nc1ccc2c(c1)OCO2. The Bertz CT molecular complexity index is 460. The van der Waals surface area contributed by atoms with Crippen molar-refractivity contribution in [1.29, 1.82) is 0 Å². The Labute approximate surface area is 113 Å². The highest BCUT2D eigenvalue weighted by Crippen LogP contribution is 2.34. The van der Waals surface area contributed by atoms with E-state index in [-0.39, 0.29) is 18.7 Å². The molecule has 0 spiro atoms. The average Bonchev–Trinajstić information content (AvgIpc) is 2.83. The Morgan fingerprint density at radius 3 is 2.74 bits per heavy atom. The van der Waals surface area contributed by atoms with Crippen LogP contribution < -0.4 is 20.1 Å². The molecular weight excluding hydrogens is 244 g/mol. The molecule has 0 bridgehead atoms. The molecule has 1 aliphatic rings. The Kier molecular flexibility index (Phi) is 4.14. The summed E-state index contributed by atoms with van der Waals surface area (Å²) in [6, 6.07) is 5.26. The molecule has 1 aromatic carbocycles. The molecule has 5 nitrogen and oxygen atoms in total. The first-order valence-electron chi connectivity index (χ1n) is 6.50. The van der Waals surface area contributed by atoms with E-state index in [4.69, 9.17) is 9.47 Å². The van der Waals surface area contributed by atoms with Gasteiger partial charge in [-0.15, -0.1) is 0 Å². The van der Waals surface area contributed by atoms with Crippen LogP contribution in [0.2, 0.25) is 0 Å². The van der Waals surface area contributed by atoms with Gasteiger partial charge in [-0.3, -0.25) is 4.79 Å². The maximum atomic E-state index is 11.9. The van der Waals surface area contributed by atoms with Crippen LogP contribution in [0.25, 0.3) is 0 Å². The number of fused-ring (bicyclic) bond motifs is 1. The van der Waals surface area contributed by atoms with Crippen LogP contribution in [0, 0.1) is 5.92 Å². The van der Waals surface area contributed by atoms with Gasteiger partial charge in [-0.25, -0.2) is 0 Å². The summed E-state index contributed by atoms with van der Waals surface area (Å²) < 4.78 is 10.5. The topological polar surface area (TPSA) is 59.6 Å². The van der Waals surface area contributed by atoms with Crippen molar-refractivity contribution in [2.75, 3.05) is 18.7 Å². The normalized spacial score (nSPS) is 14.3. The summed E-state index contributed by atoms with van der Waals surface area (Å²) >= 11 is 0. The van der Waals surface area contributed by atoms with Crippen LogP contribution in [0.15, 0.2) is 18.2 Å². The molecule has 0 unspecified atom stereocenters. The molecule has 1 atom stereocenters. The quantitative estimate of drug-likeness (QED) is 0.854. The first-order chi connectivity index (χ1) is 9.06. The zero-order valence-corrected chi connectivity index (χ0v) is 11.5. The summed E-state index contributed by atoms with van der Waals surface area (Å²) in [5.74, 6) is 1.88. The zero-order chi connectivity index (χ0) is 13.8. The summed E-state index contributed by atoms with van der Waals surface area (Å²) in [5, 5.41) is 6.04. The van der Waals surface area contributed by atoms with Crippen LogP contribution in [0.5, 0.6) is 11.5 Å². The van der Waals surface area contributed by atoms with Gasteiger partial charge in [0.2, 0.25) is 12.7 Å². The van der Waals surface area contributed by atoms with Crippen LogP contribution in [0.1, 0.15) is 20.8 Å². The molecule has 2 rings (SSSR count). The van der Waals surface area contributed by atoms with Crippen LogP contribution in [0.3, 0.4) is 0 Å². The first-order valence-corrected chi connectivity index (χ1v) is 6.50. The number of nitrogens with one attached hydrogen (secondary N) is 2. The van der Waals surface area contributed by atoms with E-state index in [2.05, 4.69) is 24.5 Å². The predicted octanol–water partition coefficient (Wildman–Crippen LogP) is 1.99. The van der Waals surface area contributed by atoms with Crippen LogP contribution in [0.4, 0.5) is 5.69 Å². The lowest BCUT2D eigenvalue weighted by molar-refractivity contribution is -0.121. The second-order valence-corrected chi connectivity index (χ2v) is 5.07. The van der Waals surface area contributed by atoms with Crippen molar-refractivity contribution in [3.8, 4) is 11.5 Å². The fourth-order valence-electron chi connectivity index (χ4n) is 1.76. The molecule has 0 aliphatic carbocycles. The molecule has 0 saturated carbocycles. The number of benzene rings is 1. The van der Waals surface area contributed by atoms with Crippen molar-refractivity contribution >= 4 is 11.6 Å². The molecule has 2 N–H and O–H groups in total. The third kappa shape index (κ3) is 3.53. The van der Waals surface area contributed by atoms with Crippen LogP contribution >= 0.6 is 0 Å². The Balaban J connectivity index is 1.91. The zero-order valence-electron chi connectivity index (χ0n) is 11.5. The van der Waals surface area contributed by atoms with E-state index in [0.29, 0.717) is 18.2 Å². The standard InChI is InChI=1S/C14H20N2O3/c1-9(2)7-15-14(17)10(3)16-11-4-5-12-13(6-11)19-8-18-12/h4-6,9-10,16H,7-8H2,1-3H3,(H,15,17)/t10-/m0/s1. The van der Waals surface area contributed by atoms with Gasteiger partial charge < -0.3 is 20.1 Å². The van der Waals surface area contributed by atoms with E-state index in [9.17, 15) is 4.79 Å². The lowest BCUT2D eigenvalue weighted by atomic mass is 10.2. The molecule has 1 aliphatic heterocycles. The van der Waals surface area contributed by atoms with E-state index >= 15 is 0 Å². The monoisotopic (exact) mass is 264 g/mol. The molecule has 5 heteroatoms. The van der Waals surface area contributed by atoms with Gasteiger partial charge in [0.05, 0.1) is 0 Å². The van der Waals surface area contributed by atoms with Crippen molar-refractivity contribution < 1.29 is 14.3 Å². The molecule has 0 radical (unpaired) electrons. The molecule has 0 saturated heterocycles. The van der Waals surface area contributed by atoms with Gasteiger partial charge in [0.15, 0.2) is 11.5 Å². The number of hydrogen-bond donors (Lipinski definition) is 2. The molecule has 19 heavy (non-hydrogen) atoms. The molecule has 1 aromatic rings. The highest BCUT2D eigenvalue weighted by molar-refractivity contribution is 5.84. The second kappa shape index (κ2) is 5.82. The number of hydrogen-bond acceptors (Lipinski definition) is 4. The van der Waals surface area contributed by atoms with Gasteiger partial charge in [0.1, 0.15) is 6.04 Å². The molecule has 1 heterocycles. The van der Waals surface area contributed by atoms with Crippen LogP contribution in [-0.2, 0) is 4.79 Å². The van der Waals surface area contributed by atoms with Crippen LogP contribution in [-0.4, -0.2) is 25.3 Å². The van der Waals surface area contributed by atoms with Gasteiger partial charge in [0.25, 0.3) is 0 Å². The average molecular weight is 264 g/mol. The van der Waals surface area contributed by atoms with Gasteiger partial charge >= 0.3 is 0 Å². The summed E-state index contributed by atoms with van der Waals surface area (Å²) in [7, 11) is 0. The molecule has 0 aromatic heterocycles. The third-order valence-corrected chi connectivity index (χ3v) is 2.83. The smallest absolute Gasteiger partial charge is 0.242 e. The predicted molar refractivity (Wildman–Crippen MR) is 73.5 cm³/mol. The molecular formula is C14H20N2O3. The van der Waals surface area contributed by atoms with Crippen molar-refractivity contribution in [2.24, 2.45) is 5.92 Å². The van der Waals surface area contributed by atoms with Crippen molar-refractivity contribution in [1.82, 2.24) is 5.32 Å². The van der Waals surface area contributed by atoms with Gasteiger partial charge in [-0.1, -0.05) is 13.8 Å². The van der Waals surface area contributed by atoms with Crippen molar-refractivity contribution in [3.63, 3.8) is 0 Å². The van der Waals surface area contributed by atoms with E-state index in [1.54, 1.807) is 0 Å². The van der Waals surface area contributed by atoms with E-state index < -0.39 is 0 Å².